The third-order valence-corrected chi connectivity index (χ3v) is 7.17. The van der Waals surface area contributed by atoms with Crippen LogP contribution < -0.4 is 20.3 Å². The molecule has 0 aliphatic carbocycles. The van der Waals surface area contributed by atoms with Gasteiger partial charge in [-0.15, -0.1) is 0 Å². The van der Waals surface area contributed by atoms with Gasteiger partial charge in [0, 0.05) is 54.9 Å². The van der Waals surface area contributed by atoms with Crippen molar-refractivity contribution in [2.24, 2.45) is 0 Å². The number of anilines is 2. The predicted octanol–water partition coefficient (Wildman–Crippen LogP) is 4.32. The summed E-state index contributed by atoms with van der Waals surface area (Å²) < 4.78 is 5.40. The van der Waals surface area contributed by atoms with E-state index in [1.54, 1.807) is 7.11 Å². The molecule has 2 aliphatic heterocycles. The maximum Gasteiger partial charge on any atom is 0.225 e. The molecule has 1 aromatic heterocycles. The SMILES string of the molecule is COc1ccc2c(c1)C[C@H](c1ccc3c(-c4ccc(N5CCNCC5)cc4)n[nH]c3c1)CC(=O)N2. The lowest BCUT2D eigenvalue weighted by molar-refractivity contribution is -0.116. The minimum atomic E-state index is 0.0360. The number of nitrogens with one attached hydrogen (secondary N) is 3. The number of fused-ring (bicyclic) bond motifs is 2. The molecule has 3 N–H and O–H groups in total. The van der Waals surface area contributed by atoms with Crippen LogP contribution in [0.25, 0.3) is 22.2 Å². The largest absolute Gasteiger partial charge is 0.497 e. The van der Waals surface area contributed by atoms with Crippen molar-refractivity contribution in [3.63, 3.8) is 0 Å². The molecule has 0 saturated carbocycles. The molecule has 178 valence electrons. The van der Waals surface area contributed by atoms with E-state index in [9.17, 15) is 4.79 Å². The number of rotatable bonds is 4. The van der Waals surface area contributed by atoms with Gasteiger partial charge < -0.3 is 20.3 Å². The fourth-order valence-corrected chi connectivity index (χ4v) is 5.25. The molecular formula is C28H29N5O2. The number of piperazine rings is 1. The third-order valence-electron chi connectivity index (χ3n) is 7.17. The normalized spacial score (nSPS) is 18.1. The fourth-order valence-electron chi connectivity index (χ4n) is 5.25. The first-order valence-electron chi connectivity index (χ1n) is 12.2. The Balaban J connectivity index is 1.28. The van der Waals surface area contributed by atoms with Crippen LogP contribution in [-0.4, -0.2) is 49.4 Å². The van der Waals surface area contributed by atoms with Crippen molar-refractivity contribution in [1.82, 2.24) is 15.5 Å². The number of hydrogen-bond donors (Lipinski definition) is 3. The minimum absolute atomic E-state index is 0.0360. The Labute approximate surface area is 204 Å². The van der Waals surface area contributed by atoms with E-state index < -0.39 is 0 Å². The fraction of sp³-hybridized carbons (Fsp3) is 0.286. The first-order valence-corrected chi connectivity index (χ1v) is 12.2. The third kappa shape index (κ3) is 4.23. The van der Waals surface area contributed by atoms with E-state index >= 15 is 0 Å². The van der Waals surface area contributed by atoms with Crippen molar-refractivity contribution in [2.45, 2.75) is 18.8 Å². The van der Waals surface area contributed by atoms with Crippen LogP contribution in [-0.2, 0) is 11.2 Å². The van der Waals surface area contributed by atoms with Gasteiger partial charge in [-0.1, -0.05) is 24.3 Å². The predicted molar refractivity (Wildman–Crippen MR) is 139 cm³/mol. The number of aromatic nitrogens is 2. The Morgan fingerprint density at radius 1 is 0.971 bits per heavy atom. The van der Waals surface area contributed by atoms with Crippen LogP contribution in [0.3, 0.4) is 0 Å². The summed E-state index contributed by atoms with van der Waals surface area (Å²) in [6.45, 7) is 4.11. The van der Waals surface area contributed by atoms with Gasteiger partial charge >= 0.3 is 0 Å². The molecule has 0 bridgehead atoms. The van der Waals surface area contributed by atoms with Crippen LogP contribution in [0.4, 0.5) is 11.4 Å². The van der Waals surface area contributed by atoms with Gasteiger partial charge in [-0.3, -0.25) is 9.89 Å². The molecule has 4 aromatic rings. The molecule has 7 heteroatoms. The number of nitrogens with zero attached hydrogens (tertiary/aromatic N) is 2. The number of ether oxygens (including phenoxy) is 1. The van der Waals surface area contributed by atoms with Crippen molar-refractivity contribution in [1.29, 1.82) is 0 Å². The maximum absolute atomic E-state index is 12.6. The number of amides is 1. The monoisotopic (exact) mass is 467 g/mol. The number of H-pyrrole nitrogens is 1. The zero-order valence-corrected chi connectivity index (χ0v) is 19.8. The van der Waals surface area contributed by atoms with E-state index in [1.165, 1.54) is 5.69 Å². The lowest BCUT2D eigenvalue weighted by atomic mass is 9.89. The first kappa shape index (κ1) is 21.7. The highest BCUT2D eigenvalue weighted by Crippen LogP contribution is 2.36. The van der Waals surface area contributed by atoms with E-state index in [-0.39, 0.29) is 11.8 Å². The van der Waals surface area contributed by atoms with Gasteiger partial charge in [0.15, 0.2) is 0 Å². The van der Waals surface area contributed by atoms with E-state index in [1.807, 2.05) is 18.2 Å². The molecule has 2 aliphatic rings. The Hall–Kier alpha value is -3.84. The van der Waals surface area contributed by atoms with Crippen molar-refractivity contribution in [2.75, 3.05) is 43.5 Å². The second-order valence-electron chi connectivity index (χ2n) is 9.34. The molecule has 0 unspecified atom stereocenters. The Morgan fingerprint density at radius 2 is 1.80 bits per heavy atom. The second kappa shape index (κ2) is 9.07. The molecule has 1 atom stereocenters. The van der Waals surface area contributed by atoms with Gasteiger partial charge in [0.1, 0.15) is 5.75 Å². The summed E-state index contributed by atoms with van der Waals surface area (Å²) in [6, 6.07) is 20.9. The molecule has 0 spiro atoms. The van der Waals surface area contributed by atoms with Crippen LogP contribution in [0.2, 0.25) is 0 Å². The molecule has 0 radical (unpaired) electrons. The van der Waals surface area contributed by atoms with Crippen LogP contribution in [0.15, 0.2) is 60.7 Å². The van der Waals surface area contributed by atoms with Crippen LogP contribution in [0.1, 0.15) is 23.5 Å². The van der Waals surface area contributed by atoms with Crippen molar-refractivity contribution >= 4 is 28.2 Å². The first-order chi connectivity index (χ1) is 17.2. The highest BCUT2D eigenvalue weighted by Gasteiger charge is 2.24. The molecule has 1 fully saturated rings. The van der Waals surface area contributed by atoms with Crippen molar-refractivity contribution < 1.29 is 9.53 Å². The van der Waals surface area contributed by atoms with E-state index in [2.05, 4.69) is 68.2 Å². The molecule has 7 nitrogen and oxygen atoms in total. The molecule has 35 heavy (non-hydrogen) atoms. The smallest absolute Gasteiger partial charge is 0.225 e. The average molecular weight is 468 g/mol. The molecule has 1 amide bonds. The Kier molecular flexibility index (Phi) is 5.62. The molecule has 6 rings (SSSR count). The van der Waals surface area contributed by atoms with Crippen molar-refractivity contribution in [3.05, 3.63) is 71.8 Å². The zero-order chi connectivity index (χ0) is 23.8. The zero-order valence-electron chi connectivity index (χ0n) is 19.8. The van der Waals surface area contributed by atoms with Gasteiger partial charge in [0.05, 0.1) is 18.3 Å². The summed E-state index contributed by atoms with van der Waals surface area (Å²) >= 11 is 0. The summed E-state index contributed by atoms with van der Waals surface area (Å²) in [4.78, 5) is 15.0. The highest BCUT2D eigenvalue weighted by molar-refractivity contribution is 5.95. The number of benzene rings is 3. The highest BCUT2D eigenvalue weighted by atomic mass is 16.5. The number of hydrogen-bond acceptors (Lipinski definition) is 5. The Bertz CT molecular complexity index is 1370. The lowest BCUT2D eigenvalue weighted by Gasteiger charge is -2.29. The summed E-state index contributed by atoms with van der Waals surface area (Å²) in [5.74, 6) is 0.919. The topological polar surface area (TPSA) is 82.3 Å². The van der Waals surface area contributed by atoms with E-state index in [0.29, 0.717) is 6.42 Å². The van der Waals surface area contributed by atoms with Crippen LogP contribution in [0.5, 0.6) is 5.75 Å². The number of carbonyl (C=O) groups excluding carboxylic acids is 1. The lowest BCUT2D eigenvalue weighted by Crippen LogP contribution is -2.43. The Morgan fingerprint density at radius 3 is 2.60 bits per heavy atom. The van der Waals surface area contributed by atoms with Gasteiger partial charge in [-0.05, 0) is 59.9 Å². The van der Waals surface area contributed by atoms with E-state index in [4.69, 9.17) is 4.74 Å². The summed E-state index contributed by atoms with van der Waals surface area (Å²) in [5.41, 5.74) is 7.38. The maximum atomic E-state index is 12.6. The molecule has 3 heterocycles. The van der Waals surface area contributed by atoms with Crippen LogP contribution in [0, 0.1) is 0 Å². The van der Waals surface area contributed by atoms with E-state index in [0.717, 1.165) is 77.3 Å². The van der Waals surface area contributed by atoms with Gasteiger partial charge in [0.25, 0.3) is 0 Å². The van der Waals surface area contributed by atoms with Gasteiger partial charge in [-0.25, -0.2) is 0 Å². The van der Waals surface area contributed by atoms with Crippen molar-refractivity contribution in [3.8, 4) is 17.0 Å². The molecule has 1 saturated heterocycles. The second-order valence-corrected chi connectivity index (χ2v) is 9.34. The number of carbonyl (C=O) groups is 1. The summed E-state index contributed by atoms with van der Waals surface area (Å²) in [5, 5.41) is 15.4. The quantitative estimate of drug-likeness (QED) is 0.417. The standard InChI is InChI=1S/C28H29N5O2/c1-35-23-7-9-25-21(15-23)14-20(17-27(34)30-25)19-4-8-24-26(16-19)31-32-28(24)18-2-5-22(6-3-18)33-12-10-29-11-13-33/h2-9,15-16,20,29H,10-14,17H2,1H3,(H,30,34)(H,31,32)/t20-/m0/s1. The minimum Gasteiger partial charge on any atom is -0.497 e. The molecular weight excluding hydrogens is 438 g/mol. The number of aromatic amines is 1. The number of methoxy groups -OCH3 is 1. The molecule has 3 aromatic carbocycles. The summed E-state index contributed by atoms with van der Waals surface area (Å²) in [6.07, 6.45) is 1.21. The summed E-state index contributed by atoms with van der Waals surface area (Å²) in [7, 11) is 1.66. The van der Waals surface area contributed by atoms with Crippen LogP contribution >= 0.6 is 0 Å². The van der Waals surface area contributed by atoms with Gasteiger partial charge in [-0.2, -0.15) is 5.10 Å². The van der Waals surface area contributed by atoms with Gasteiger partial charge in [0.2, 0.25) is 5.91 Å². The average Bonchev–Trinajstić information content (AvgIpc) is 3.25.